The summed E-state index contributed by atoms with van der Waals surface area (Å²) in [6.45, 7) is 0.151. The normalized spacial score (nSPS) is 14.1. The maximum Gasteiger partial charge on any atom is 0.326 e. The number of amides is 5. The van der Waals surface area contributed by atoms with Crippen LogP contribution in [0.2, 0.25) is 0 Å². The highest BCUT2D eigenvalue weighted by molar-refractivity contribution is 7.80. The van der Waals surface area contributed by atoms with Crippen molar-refractivity contribution >= 4 is 65.0 Å². The van der Waals surface area contributed by atoms with Gasteiger partial charge in [0.25, 0.3) is 0 Å². The summed E-state index contributed by atoms with van der Waals surface area (Å²) in [5, 5.41) is 33.1. The van der Waals surface area contributed by atoms with Crippen LogP contribution in [-0.2, 0) is 41.6 Å². The first-order chi connectivity index (χ1) is 27.7. The Morgan fingerprint density at radius 1 is 0.707 bits per heavy atom. The number of carboxylic acid groups (broad SMARTS) is 1. The molecule has 21 heteroatoms. The second-order valence-electron chi connectivity index (χ2n) is 13.5. The molecule has 0 bridgehead atoms. The largest absolute Gasteiger partial charge is 0.508 e. The summed E-state index contributed by atoms with van der Waals surface area (Å²) in [5.74, 6) is -5.61. The fraction of sp³-hybridized carbons (Fsp3) is 0.432. The highest BCUT2D eigenvalue weighted by atomic mass is 32.1. The van der Waals surface area contributed by atoms with Gasteiger partial charge in [0.15, 0.2) is 5.96 Å². The van der Waals surface area contributed by atoms with E-state index in [1.165, 1.54) is 24.3 Å². The van der Waals surface area contributed by atoms with E-state index >= 15 is 0 Å². The lowest BCUT2D eigenvalue weighted by Gasteiger charge is -2.26. The topological polar surface area (TPSA) is 361 Å². The number of phenols is 1. The molecule has 58 heavy (non-hydrogen) atoms. The number of rotatable bonds is 24. The van der Waals surface area contributed by atoms with Gasteiger partial charge in [0.2, 0.25) is 29.5 Å². The van der Waals surface area contributed by atoms with E-state index in [1.807, 2.05) is 24.3 Å². The number of thiol groups is 1. The highest BCUT2D eigenvalue weighted by Crippen LogP contribution is 2.19. The van der Waals surface area contributed by atoms with Crippen molar-refractivity contribution in [1.29, 1.82) is 0 Å². The summed E-state index contributed by atoms with van der Waals surface area (Å²) in [7, 11) is 0. The third-order valence-corrected chi connectivity index (χ3v) is 9.38. The molecule has 0 unspecified atom stereocenters. The maximum absolute atomic E-state index is 13.8. The Balaban J connectivity index is 1.77. The zero-order valence-corrected chi connectivity index (χ0v) is 32.8. The van der Waals surface area contributed by atoms with Crippen LogP contribution >= 0.6 is 12.6 Å². The molecule has 1 aromatic heterocycles. The van der Waals surface area contributed by atoms with Crippen molar-refractivity contribution < 1.29 is 39.0 Å². The Hall–Kier alpha value is -5.90. The van der Waals surface area contributed by atoms with Crippen molar-refractivity contribution in [3.8, 4) is 5.75 Å². The molecule has 18 N–H and O–H groups in total. The number of aliphatic carboxylic acids is 1. The molecule has 5 amide bonds. The van der Waals surface area contributed by atoms with E-state index in [1.54, 1.807) is 6.20 Å². The van der Waals surface area contributed by atoms with E-state index in [9.17, 15) is 39.0 Å². The lowest BCUT2D eigenvalue weighted by atomic mass is 10.0. The SMILES string of the molecule is NCC[C@H](NC(=O)[C@H](CS)NC(=O)[C@H](Cc1c[nH]c2ccccc12)NC(=O)[C@@H](N)CCN)C(=O)N[C@@H](CCCN=C(N)N)C(=O)N[C@@H](Cc1ccc(O)cc1)C(=O)O. The zero-order valence-electron chi connectivity index (χ0n) is 31.9. The van der Waals surface area contributed by atoms with Crippen LogP contribution in [0.5, 0.6) is 5.75 Å². The molecule has 0 aliphatic heterocycles. The summed E-state index contributed by atoms with van der Waals surface area (Å²) < 4.78 is 0. The average molecular weight is 827 g/mol. The maximum atomic E-state index is 13.8. The number of H-pyrrole nitrogens is 1. The van der Waals surface area contributed by atoms with E-state index in [0.717, 1.165) is 10.9 Å². The Kier molecular flexibility index (Phi) is 18.7. The molecule has 2 aromatic carbocycles. The summed E-state index contributed by atoms with van der Waals surface area (Å²) in [4.78, 5) is 86.7. The molecule has 0 aliphatic carbocycles. The predicted octanol–water partition coefficient (Wildman–Crippen LogP) is -2.82. The van der Waals surface area contributed by atoms with Gasteiger partial charge in [-0.05, 0) is 68.1 Å². The number of nitrogens with zero attached hydrogens (tertiary/aromatic N) is 1. The molecule has 0 fully saturated rings. The molecule has 0 spiro atoms. The van der Waals surface area contributed by atoms with Gasteiger partial charge < -0.3 is 70.4 Å². The number of fused-ring (bicyclic) bond motifs is 1. The molecular formula is C37H54N12O8S. The van der Waals surface area contributed by atoms with Crippen LogP contribution in [0.3, 0.4) is 0 Å². The van der Waals surface area contributed by atoms with Crippen LogP contribution in [0.4, 0.5) is 0 Å². The third-order valence-electron chi connectivity index (χ3n) is 9.02. The Morgan fingerprint density at radius 2 is 1.26 bits per heavy atom. The lowest BCUT2D eigenvalue weighted by Crippen LogP contribution is -2.60. The minimum absolute atomic E-state index is 0.0243. The number of guanidine groups is 1. The quantitative estimate of drug-likeness (QED) is 0.0188. The molecule has 3 aromatic rings. The molecule has 0 saturated heterocycles. The number of aromatic nitrogens is 1. The van der Waals surface area contributed by atoms with Gasteiger partial charge in [0.1, 0.15) is 36.0 Å². The highest BCUT2D eigenvalue weighted by Gasteiger charge is 2.33. The van der Waals surface area contributed by atoms with Crippen LogP contribution in [0.25, 0.3) is 10.9 Å². The standard InChI is InChI=1S/C37H54N12O8S/c38-13-11-24(40)31(51)47-28(17-21-18-44-25-5-2-1-4-23(21)25)34(54)49-30(19-58)35(55)46-27(12-14-39)33(53)45-26(6-3-15-43-37(41)42)32(52)48-29(36(56)57)16-20-7-9-22(50)10-8-20/h1-2,4-5,7-10,18,24,26-30,44,50,58H,3,6,11-17,19,38-40H2,(H,45,53)(H,46,55)(H,47,51)(H,48,52)(H,49,54)(H,56,57)(H4,41,42,43)/t24-,26-,27-,28-,29-,30-/m0/s1. The van der Waals surface area contributed by atoms with Gasteiger partial charge in [0.05, 0.1) is 6.04 Å². The lowest BCUT2D eigenvalue weighted by molar-refractivity contribution is -0.142. The average Bonchev–Trinajstić information content (AvgIpc) is 3.60. The smallest absolute Gasteiger partial charge is 0.326 e. The molecule has 0 aliphatic rings. The molecule has 6 atom stereocenters. The fourth-order valence-electron chi connectivity index (χ4n) is 5.88. The summed E-state index contributed by atoms with van der Waals surface area (Å²) in [6, 6.07) is 5.63. The third kappa shape index (κ3) is 14.6. The monoisotopic (exact) mass is 826 g/mol. The van der Waals surface area contributed by atoms with Crippen molar-refractivity contribution in [1.82, 2.24) is 31.6 Å². The summed E-state index contributed by atoms with van der Waals surface area (Å²) in [6.07, 6.45) is 1.84. The Bertz CT molecular complexity index is 1890. The zero-order chi connectivity index (χ0) is 42.8. The number of para-hydroxylation sites is 1. The van der Waals surface area contributed by atoms with E-state index < -0.39 is 71.8 Å². The van der Waals surface area contributed by atoms with Gasteiger partial charge in [-0.15, -0.1) is 0 Å². The number of aromatic hydroxyl groups is 1. The molecule has 0 radical (unpaired) electrons. The summed E-state index contributed by atoms with van der Waals surface area (Å²) in [5.41, 5.74) is 30.2. The number of hydrogen-bond donors (Lipinski definition) is 14. The van der Waals surface area contributed by atoms with Crippen molar-refractivity contribution in [3.63, 3.8) is 0 Å². The number of nitrogens with one attached hydrogen (secondary N) is 6. The van der Waals surface area contributed by atoms with E-state index in [0.29, 0.717) is 11.1 Å². The number of carbonyl (C=O) groups excluding carboxylic acids is 5. The number of aliphatic imine (C=N–C) groups is 1. The number of nitrogens with two attached hydrogens (primary N) is 5. The Labute approximate surface area is 340 Å². The first kappa shape index (κ1) is 46.5. The molecular weight excluding hydrogens is 773 g/mol. The number of benzene rings is 2. The number of carbonyl (C=O) groups is 6. The first-order valence-corrected chi connectivity index (χ1v) is 19.2. The van der Waals surface area contributed by atoms with Gasteiger partial charge in [-0.2, -0.15) is 12.6 Å². The minimum atomic E-state index is -1.41. The number of phenolic OH excluding ortho intramolecular Hbond substituents is 1. The number of hydrogen-bond acceptors (Lipinski definition) is 12. The van der Waals surface area contributed by atoms with Gasteiger partial charge in [-0.1, -0.05) is 30.3 Å². The minimum Gasteiger partial charge on any atom is -0.508 e. The second-order valence-corrected chi connectivity index (χ2v) is 13.8. The predicted molar refractivity (Wildman–Crippen MR) is 220 cm³/mol. The number of carboxylic acids is 1. The Morgan fingerprint density at radius 3 is 1.86 bits per heavy atom. The van der Waals surface area contributed by atoms with Crippen LogP contribution in [0.15, 0.2) is 59.7 Å². The summed E-state index contributed by atoms with van der Waals surface area (Å²) >= 11 is 4.26. The van der Waals surface area contributed by atoms with Gasteiger partial charge >= 0.3 is 5.97 Å². The van der Waals surface area contributed by atoms with E-state index in [4.69, 9.17) is 28.7 Å². The first-order valence-electron chi connectivity index (χ1n) is 18.6. The molecule has 20 nitrogen and oxygen atoms in total. The fourth-order valence-corrected chi connectivity index (χ4v) is 6.14. The van der Waals surface area contributed by atoms with Crippen molar-refractivity contribution in [2.45, 2.75) is 74.8 Å². The van der Waals surface area contributed by atoms with Crippen LogP contribution in [0.1, 0.15) is 36.8 Å². The van der Waals surface area contributed by atoms with Crippen molar-refractivity contribution in [2.75, 3.05) is 25.4 Å². The van der Waals surface area contributed by atoms with E-state index in [-0.39, 0.29) is 75.6 Å². The van der Waals surface area contributed by atoms with E-state index in [2.05, 4.69) is 49.2 Å². The molecule has 3 rings (SSSR count). The van der Waals surface area contributed by atoms with Crippen molar-refractivity contribution in [3.05, 3.63) is 65.9 Å². The second kappa shape index (κ2) is 23.4. The molecule has 316 valence electrons. The van der Waals surface area contributed by atoms with Gasteiger partial charge in [0, 0.05) is 42.2 Å². The van der Waals surface area contributed by atoms with Gasteiger partial charge in [-0.3, -0.25) is 29.0 Å². The van der Waals surface area contributed by atoms with Gasteiger partial charge in [-0.25, -0.2) is 4.79 Å². The van der Waals surface area contributed by atoms with Crippen LogP contribution in [0, 0.1) is 0 Å². The van der Waals surface area contributed by atoms with Crippen molar-refractivity contribution in [2.24, 2.45) is 33.7 Å². The molecule has 0 saturated carbocycles. The molecule has 1 heterocycles. The number of aromatic amines is 1. The van der Waals surface area contributed by atoms with Crippen LogP contribution in [-0.4, -0.2) is 118 Å². The van der Waals surface area contributed by atoms with Crippen LogP contribution < -0.4 is 55.3 Å².